The minimum atomic E-state index is -1.62. The van der Waals surface area contributed by atoms with E-state index in [2.05, 4.69) is 11.9 Å². The number of rotatable bonds is 4. The van der Waals surface area contributed by atoms with Crippen molar-refractivity contribution in [3.63, 3.8) is 0 Å². The predicted octanol–water partition coefficient (Wildman–Crippen LogP) is 1.54. The van der Waals surface area contributed by atoms with Crippen molar-refractivity contribution in [1.82, 2.24) is 4.98 Å². The van der Waals surface area contributed by atoms with Crippen molar-refractivity contribution in [1.29, 1.82) is 0 Å². The molecule has 3 N–H and O–H groups in total. The van der Waals surface area contributed by atoms with Crippen molar-refractivity contribution in [3.8, 4) is 0 Å². The number of nitrogens with two attached hydrogens (primary N) is 1. The van der Waals surface area contributed by atoms with Gasteiger partial charge >= 0.3 is 0 Å². The van der Waals surface area contributed by atoms with Crippen LogP contribution in [0.15, 0.2) is 0 Å². The molecule has 1 saturated heterocycles. The molecule has 0 amide bonds. The Kier molecular flexibility index (Phi) is 4.38. The molecule has 3 nitrogen and oxygen atoms in total. The molecular weight excluding hydrogens is 180 g/mol. The zero-order valence-electron chi connectivity index (χ0n) is 8.81. The largest absolute Gasteiger partial charge is 0.403 e. The molecule has 1 aliphatic heterocycles. The van der Waals surface area contributed by atoms with Gasteiger partial charge < -0.3 is 15.1 Å². The molecule has 0 aliphatic carbocycles. The maximum atomic E-state index is 5.96. The number of nitrogens with one attached hydrogen (secondary N) is 1. The lowest BCUT2D eigenvalue weighted by Crippen LogP contribution is -2.60. The third-order valence-corrected chi connectivity index (χ3v) is 6.70. The molecule has 1 heterocycles. The monoisotopic (exact) mass is 202 g/mol. The highest BCUT2D eigenvalue weighted by Gasteiger charge is 2.36. The van der Waals surface area contributed by atoms with E-state index in [0.717, 1.165) is 6.61 Å². The molecular formula is C9H22N2OSi. The van der Waals surface area contributed by atoms with Crippen LogP contribution in [0.3, 0.4) is 0 Å². The average Bonchev–Trinajstić information content (AvgIpc) is 2.04. The molecule has 0 radical (unpaired) electrons. The van der Waals surface area contributed by atoms with E-state index in [1.54, 1.807) is 0 Å². The first-order valence-electron chi connectivity index (χ1n) is 5.36. The molecule has 0 aromatic heterocycles. The van der Waals surface area contributed by atoms with Crippen LogP contribution >= 0.6 is 0 Å². The summed E-state index contributed by atoms with van der Waals surface area (Å²) in [5, 5.41) is 0. The highest BCUT2D eigenvalue weighted by atomic mass is 28.4. The first kappa shape index (κ1) is 11.2. The second-order valence-electron chi connectivity index (χ2n) is 3.98. The molecule has 0 bridgehead atoms. The lowest BCUT2D eigenvalue weighted by molar-refractivity contribution is 0.252. The zero-order chi connectivity index (χ0) is 9.73. The van der Waals surface area contributed by atoms with Gasteiger partial charge in [-0.15, -0.1) is 0 Å². The van der Waals surface area contributed by atoms with Gasteiger partial charge in [0.05, 0.1) is 0 Å². The van der Waals surface area contributed by atoms with Gasteiger partial charge in [-0.25, -0.2) is 0 Å². The van der Waals surface area contributed by atoms with E-state index in [1.165, 1.54) is 31.4 Å². The Labute approximate surface area is 82.2 Å². The summed E-state index contributed by atoms with van der Waals surface area (Å²) in [7, 11) is -1.62. The van der Waals surface area contributed by atoms with Crippen LogP contribution in [0, 0.1) is 0 Å². The standard InChI is InChI=1S/C9H22N2OSi/c1-3-7-13(11-9(2)10)8-5-4-6-12-13/h9,11H,3-8,10H2,1-2H3. The fourth-order valence-electron chi connectivity index (χ4n) is 2.05. The molecule has 0 saturated carbocycles. The Hall–Kier alpha value is 0.0969. The van der Waals surface area contributed by atoms with Gasteiger partial charge in [0.1, 0.15) is 0 Å². The predicted molar refractivity (Wildman–Crippen MR) is 57.6 cm³/mol. The SMILES string of the molecule is CCC[Si]1(NC(C)N)CCCCO1. The van der Waals surface area contributed by atoms with Crippen LogP contribution in [0.2, 0.25) is 12.1 Å². The van der Waals surface area contributed by atoms with Crippen LogP contribution < -0.4 is 10.7 Å². The molecule has 2 atom stereocenters. The molecule has 0 aromatic carbocycles. The lowest BCUT2D eigenvalue weighted by atomic mass is 10.4. The summed E-state index contributed by atoms with van der Waals surface area (Å²) in [6.45, 7) is 5.16. The van der Waals surface area contributed by atoms with Crippen LogP contribution in [0.4, 0.5) is 0 Å². The molecule has 0 aromatic rings. The van der Waals surface area contributed by atoms with Crippen molar-refractivity contribution in [2.24, 2.45) is 5.73 Å². The maximum absolute atomic E-state index is 5.96. The summed E-state index contributed by atoms with van der Waals surface area (Å²) in [6.07, 6.45) is 3.81. The molecule has 1 rings (SSSR count). The van der Waals surface area contributed by atoms with E-state index in [1.807, 2.05) is 6.92 Å². The van der Waals surface area contributed by atoms with Gasteiger partial charge in [-0.1, -0.05) is 19.8 Å². The highest BCUT2D eigenvalue weighted by Crippen LogP contribution is 2.24. The van der Waals surface area contributed by atoms with Gasteiger partial charge in [0.25, 0.3) is 8.48 Å². The minimum absolute atomic E-state index is 0.0799. The Morgan fingerprint density at radius 3 is 2.77 bits per heavy atom. The first-order valence-corrected chi connectivity index (χ1v) is 7.68. The molecule has 13 heavy (non-hydrogen) atoms. The quantitative estimate of drug-likeness (QED) is 0.537. The van der Waals surface area contributed by atoms with Crippen LogP contribution in [-0.2, 0) is 4.43 Å². The van der Waals surface area contributed by atoms with Crippen LogP contribution in [0.1, 0.15) is 33.1 Å². The first-order chi connectivity index (χ1) is 6.18. The van der Waals surface area contributed by atoms with Gasteiger partial charge in [0.2, 0.25) is 0 Å². The maximum Gasteiger partial charge on any atom is 0.269 e. The van der Waals surface area contributed by atoms with Crippen molar-refractivity contribution < 1.29 is 4.43 Å². The molecule has 0 spiro atoms. The van der Waals surface area contributed by atoms with Crippen molar-refractivity contribution in [2.45, 2.75) is 51.4 Å². The number of hydrogen-bond acceptors (Lipinski definition) is 3. The Balaban J connectivity index is 2.50. The van der Waals surface area contributed by atoms with Gasteiger partial charge in [-0.2, -0.15) is 0 Å². The molecule has 4 heteroatoms. The summed E-state index contributed by atoms with van der Waals surface area (Å²) in [4.78, 5) is 3.49. The van der Waals surface area contributed by atoms with Crippen LogP contribution in [0.25, 0.3) is 0 Å². The molecule has 1 aliphatic rings. The summed E-state index contributed by atoms with van der Waals surface area (Å²) in [5.41, 5.74) is 5.78. The molecule has 2 unspecified atom stereocenters. The smallest absolute Gasteiger partial charge is 0.269 e. The summed E-state index contributed by atoms with van der Waals surface area (Å²) < 4.78 is 5.96. The minimum Gasteiger partial charge on any atom is -0.403 e. The molecule has 1 fully saturated rings. The van der Waals surface area contributed by atoms with E-state index in [9.17, 15) is 0 Å². The summed E-state index contributed by atoms with van der Waals surface area (Å²) in [6, 6.07) is 2.44. The van der Waals surface area contributed by atoms with E-state index < -0.39 is 8.48 Å². The summed E-state index contributed by atoms with van der Waals surface area (Å²) >= 11 is 0. The fourth-order valence-corrected chi connectivity index (χ4v) is 5.96. The zero-order valence-corrected chi connectivity index (χ0v) is 9.81. The second-order valence-corrected chi connectivity index (χ2v) is 7.55. The van der Waals surface area contributed by atoms with Gasteiger partial charge in [0.15, 0.2) is 0 Å². The van der Waals surface area contributed by atoms with Gasteiger partial charge in [-0.05, 0) is 25.4 Å². The van der Waals surface area contributed by atoms with Gasteiger partial charge in [-0.3, -0.25) is 0 Å². The molecule has 78 valence electrons. The van der Waals surface area contributed by atoms with E-state index >= 15 is 0 Å². The van der Waals surface area contributed by atoms with E-state index in [0.29, 0.717) is 0 Å². The normalized spacial score (nSPS) is 31.6. The van der Waals surface area contributed by atoms with E-state index in [4.69, 9.17) is 10.2 Å². The topological polar surface area (TPSA) is 47.3 Å². The van der Waals surface area contributed by atoms with Crippen LogP contribution in [0.5, 0.6) is 0 Å². The fraction of sp³-hybridized carbons (Fsp3) is 1.00. The number of hydrogen-bond donors (Lipinski definition) is 2. The Morgan fingerprint density at radius 1 is 1.54 bits per heavy atom. The lowest BCUT2D eigenvalue weighted by Gasteiger charge is -2.36. The highest BCUT2D eigenvalue weighted by molar-refractivity contribution is 6.71. The van der Waals surface area contributed by atoms with Crippen molar-refractivity contribution in [2.75, 3.05) is 6.61 Å². The van der Waals surface area contributed by atoms with Crippen molar-refractivity contribution in [3.05, 3.63) is 0 Å². The van der Waals surface area contributed by atoms with Gasteiger partial charge in [0, 0.05) is 12.8 Å². The summed E-state index contributed by atoms with van der Waals surface area (Å²) in [5.74, 6) is 0. The average molecular weight is 202 g/mol. The van der Waals surface area contributed by atoms with Crippen LogP contribution in [-0.4, -0.2) is 21.3 Å². The Morgan fingerprint density at radius 2 is 2.31 bits per heavy atom. The second kappa shape index (κ2) is 5.10. The van der Waals surface area contributed by atoms with E-state index in [-0.39, 0.29) is 6.17 Å². The Bertz CT molecular complexity index is 141. The van der Waals surface area contributed by atoms with Crippen molar-refractivity contribution >= 4 is 8.48 Å². The third kappa shape index (κ3) is 3.38. The third-order valence-electron chi connectivity index (χ3n) is 2.50.